The van der Waals surface area contributed by atoms with Crippen LogP contribution in [0.25, 0.3) is 0 Å². The van der Waals surface area contributed by atoms with Gasteiger partial charge >= 0.3 is 0 Å². The summed E-state index contributed by atoms with van der Waals surface area (Å²) in [5.41, 5.74) is 0.781. The summed E-state index contributed by atoms with van der Waals surface area (Å²) >= 11 is 0. The van der Waals surface area contributed by atoms with Gasteiger partial charge in [0, 0.05) is 31.6 Å². The number of carbonyl (C=O) groups excluding carboxylic acids is 1. The van der Waals surface area contributed by atoms with E-state index in [1.165, 1.54) is 17.7 Å². The van der Waals surface area contributed by atoms with Gasteiger partial charge in [-0.1, -0.05) is 6.07 Å². The lowest BCUT2D eigenvalue weighted by molar-refractivity contribution is -0.891. The number of fused-ring (bicyclic) bond motifs is 1. The second kappa shape index (κ2) is 12.1. The Morgan fingerprint density at radius 3 is 2.47 bits per heavy atom. The van der Waals surface area contributed by atoms with E-state index in [9.17, 15) is 9.90 Å². The van der Waals surface area contributed by atoms with Crippen LogP contribution in [0.15, 0.2) is 42.5 Å². The first-order chi connectivity index (χ1) is 16.6. The molecule has 2 aliphatic heterocycles. The molecule has 0 saturated carbocycles. The molecule has 1 saturated heterocycles. The first kappa shape index (κ1) is 24.4. The fourth-order valence-electron chi connectivity index (χ4n) is 4.79. The fourth-order valence-corrected chi connectivity index (χ4v) is 4.79. The molecule has 2 N–H and O–H groups in total. The normalized spacial score (nSPS) is 17.2. The Morgan fingerprint density at radius 1 is 1.03 bits per heavy atom. The minimum atomic E-state index is -0.719. The van der Waals surface area contributed by atoms with Gasteiger partial charge in [0.15, 0.2) is 11.5 Å². The molecule has 4 rings (SSSR count). The Morgan fingerprint density at radius 2 is 1.74 bits per heavy atom. The van der Waals surface area contributed by atoms with Crippen LogP contribution in [0.4, 0.5) is 0 Å². The summed E-state index contributed by atoms with van der Waals surface area (Å²) in [6, 6.07) is 13.0. The van der Waals surface area contributed by atoms with Crippen LogP contribution in [0.1, 0.15) is 43.8 Å². The molecule has 0 aromatic heterocycles. The highest BCUT2D eigenvalue weighted by atomic mass is 16.6. The van der Waals surface area contributed by atoms with Gasteiger partial charge in [-0.05, 0) is 48.4 Å². The molecule has 2 aromatic rings. The first-order valence-corrected chi connectivity index (χ1v) is 12.3. The quantitative estimate of drug-likeness (QED) is 0.465. The predicted octanol–water partition coefficient (Wildman–Crippen LogP) is 2.61. The van der Waals surface area contributed by atoms with Gasteiger partial charge in [-0.25, -0.2) is 0 Å². The number of Topliss-reactive ketones (excluding diaryl/α,β-unsaturated/α-hetero) is 1. The van der Waals surface area contributed by atoms with Crippen molar-refractivity contribution in [3.63, 3.8) is 0 Å². The van der Waals surface area contributed by atoms with Gasteiger partial charge in [-0.2, -0.15) is 0 Å². The summed E-state index contributed by atoms with van der Waals surface area (Å²) in [5.74, 6) is 2.95. The second-order valence-electron chi connectivity index (χ2n) is 9.14. The van der Waals surface area contributed by atoms with E-state index in [0.717, 1.165) is 36.7 Å². The number of hydrogen-bond acceptors (Lipinski definition) is 6. The second-order valence-corrected chi connectivity index (χ2v) is 9.14. The van der Waals surface area contributed by atoms with E-state index in [2.05, 4.69) is 0 Å². The standard InChI is InChI=1S/C27H35NO6/c1-31-23-7-9-24(10-8-23)32-14-4-5-22(29)17-21(19-28-12-2-3-13-28)27(30)20-6-11-25-26(18-20)34-16-15-33-25/h6-11,18,21,27,30H,2-5,12-17,19H2,1H3/p+1/t21-,27-/m1/s1. The highest BCUT2D eigenvalue weighted by Crippen LogP contribution is 2.35. The lowest BCUT2D eigenvalue weighted by Crippen LogP contribution is -3.10. The van der Waals surface area contributed by atoms with E-state index in [-0.39, 0.29) is 11.7 Å². The van der Waals surface area contributed by atoms with Crippen LogP contribution < -0.4 is 23.8 Å². The van der Waals surface area contributed by atoms with Gasteiger partial charge < -0.3 is 29.0 Å². The largest absolute Gasteiger partial charge is 0.497 e. The zero-order valence-electron chi connectivity index (χ0n) is 20.0. The van der Waals surface area contributed by atoms with E-state index >= 15 is 0 Å². The monoisotopic (exact) mass is 470 g/mol. The van der Waals surface area contributed by atoms with Crippen molar-refractivity contribution >= 4 is 5.78 Å². The average molecular weight is 471 g/mol. The molecule has 0 amide bonds. The van der Waals surface area contributed by atoms with E-state index < -0.39 is 6.10 Å². The molecule has 2 atom stereocenters. The lowest BCUT2D eigenvalue weighted by atomic mass is 9.89. The SMILES string of the molecule is COc1ccc(OCCCC(=O)C[C@H](C[NH+]2CCCC2)[C@H](O)c2ccc3c(c2)OCCO3)cc1. The van der Waals surface area contributed by atoms with E-state index in [1.807, 2.05) is 42.5 Å². The van der Waals surface area contributed by atoms with Crippen LogP contribution in [0.5, 0.6) is 23.0 Å². The molecular weight excluding hydrogens is 434 g/mol. The number of quaternary nitrogens is 1. The average Bonchev–Trinajstić information content (AvgIpc) is 3.39. The summed E-state index contributed by atoms with van der Waals surface area (Å²) in [5, 5.41) is 11.3. The maximum Gasteiger partial charge on any atom is 0.161 e. The van der Waals surface area contributed by atoms with Gasteiger partial charge in [-0.3, -0.25) is 4.79 Å². The summed E-state index contributed by atoms with van der Waals surface area (Å²) < 4.78 is 22.2. The molecule has 184 valence electrons. The zero-order chi connectivity index (χ0) is 23.8. The van der Waals surface area contributed by atoms with Gasteiger partial charge in [0.05, 0.1) is 39.5 Å². The number of aliphatic hydroxyl groups excluding tert-OH is 1. The van der Waals surface area contributed by atoms with Gasteiger partial charge in [-0.15, -0.1) is 0 Å². The van der Waals surface area contributed by atoms with Crippen molar-refractivity contribution in [2.75, 3.05) is 46.6 Å². The third-order valence-corrected chi connectivity index (χ3v) is 6.63. The molecule has 2 aromatic carbocycles. The number of methoxy groups -OCH3 is 1. The molecule has 34 heavy (non-hydrogen) atoms. The fraction of sp³-hybridized carbons (Fsp3) is 0.519. The van der Waals surface area contributed by atoms with Gasteiger partial charge in [0.2, 0.25) is 0 Å². The third-order valence-electron chi connectivity index (χ3n) is 6.63. The smallest absolute Gasteiger partial charge is 0.161 e. The van der Waals surface area contributed by atoms with Crippen molar-refractivity contribution in [2.45, 2.75) is 38.2 Å². The number of carbonyl (C=O) groups is 1. The Labute approximate surface area is 201 Å². The summed E-state index contributed by atoms with van der Waals surface area (Å²) in [7, 11) is 1.63. The highest BCUT2D eigenvalue weighted by molar-refractivity contribution is 5.78. The summed E-state index contributed by atoms with van der Waals surface area (Å²) in [6.07, 6.45) is 3.15. The molecule has 0 unspecified atom stereocenters. The van der Waals surface area contributed by atoms with E-state index in [0.29, 0.717) is 50.6 Å². The number of benzene rings is 2. The molecule has 2 aliphatic rings. The van der Waals surface area contributed by atoms with Crippen LogP contribution in [-0.2, 0) is 4.79 Å². The highest BCUT2D eigenvalue weighted by Gasteiger charge is 2.30. The molecule has 0 aliphatic carbocycles. The molecule has 0 radical (unpaired) electrons. The number of ketones is 1. The molecule has 7 nitrogen and oxygen atoms in total. The molecule has 0 spiro atoms. The molecular formula is C27H36NO6+. The Kier molecular flexibility index (Phi) is 8.66. The number of hydrogen-bond donors (Lipinski definition) is 2. The van der Waals surface area contributed by atoms with Crippen LogP contribution in [0, 0.1) is 5.92 Å². The Hall–Kier alpha value is -2.77. The van der Waals surface area contributed by atoms with Crippen LogP contribution >= 0.6 is 0 Å². The Balaban J connectivity index is 1.32. The van der Waals surface area contributed by atoms with Crippen molar-refractivity contribution in [1.82, 2.24) is 0 Å². The lowest BCUT2D eigenvalue weighted by Gasteiger charge is -2.26. The predicted molar refractivity (Wildman–Crippen MR) is 128 cm³/mol. The van der Waals surface area contributed by atoms with Crippen molar-refractivity contribution in [3.05, 3.63) is 48.0 Å². The van der Waals surface area contributed by atoms with Crippen molar-refractivity contribution in [2.24, 2.45) is 5.92 Å². The Bertz CT molecular complexity index is 925. The summed E-state index contributed by atoms with van der Waals surface area (Å²) in [6.45, 7) is 4.52. The minimum absolute atomic E-state index is 0.134. The topological polar surface area (TPSA) is 78.7 Å². The molecule has 1 fully saturated rings. The van der Waals surface area contributed by atoms with Gasteiger partial charge in [0.1, 0.15) is 30.5 Å². The minimum Gasteiger partial charge on any atom is -0.497 e. The van der Waals surface area contributed by atoms with E-state index in [4.69, 9.17) is 18.9 Å². The number of rotatable bonds is 12. The van der Waals surface area contributed by atoms with Crippen LogP contribution in [0.2, 0.25) is 0 Å². The molecule has 7 heteroatoms. The van der Waals surface area contributed by atoms with Crippen molar-refractivity contribution < 1.29 is 33.7 Å². The maximum atomic E-state index is 12.9. The number of likely N-dealkylation sites (tertiary alicyclic amines) is 1. The summed E-state index contributed by atoms with van der Waals surface area (Å²) in [4.78, 5) is 14.3. The molecule has 0 bridgehead atoms. The van der Waals surface area contributed by atoms with Gasteiger partial charge in [0.25, 0.3) is 0 Å². The first-order valence-electron chi connectivity index (χ1n) is 12.3. The zero-order valence-corrected chi connectivity index (χ0v) is 20.0. The van der Waals surface area contributed by atoms with Crippen LogP contribution in [0.3, 0.4) is 0 Å². The van der Waals surface area contributed by atoms with E-state index in [1.54, 1.807) is 7.11 Å². The number of ether oxygens (including phenoxy) is 4. The third kappa shape index (κ3) is 6.64. The molecule has 2 heterocycles. The van der Waals surface area contributed by atoms with Crippen molar-refractivity contribution in [3.8, 4) is 23.0 Å². The maximum absolute atomic E-state index is 12.9. The number of nitrogens with one attached hydrogen (secondary N) is 1. The number of aliphatic hydroxyl groups is 1. The van der Waals surface area contributed by atoms with Crippen molar-refractivity contribution in [1.29, 1.82) is 0 Å². The van der Waals surface area contributed by atoms with Crippen LogP contribution in [-0.4, -0.2) is 57.5 Å².